The minimum absolute atomic E-state index is 0.124. The lowest BCUT2D eigenvalue weighted by atomic mass is 9.89. The second-order valence-corrected chi connectivity index (χ2v) is 7.47. The van der Waals surface area contributed by atoms with E-state index in [4.69, 9.17) is 15.5 Å². The molecule has 4 heteroatoms. The van der Waals surface area contributed by atoms with Gasteiger partial charge in [0, 0.05) is 18.7 Å². The number of nitrogen functional groups attached to an aromatic ring is 1. The molecule has 1 unspecified atom stereocenters. The van der Waals surface area contributed by atoms with E-state index in [9.17, 15) is 0 Å². The van der Waals surface area contributed by atoms with Crippen molar-refractivity contribution >= 4 is 5.95 Å². The highest BCUT2D eigenvalue weighted by Gasteiger charge is 2.19. The van der Waals surface area contributed by atoms with Crippen molar-refractivity contribution in [2.75, 3.05) is 12.8 Å². The van der Waals surface area contributed by atoms with Crippen LogP contribution in [0.2, 0.25) is 0 Å². The van der Waals surface area contributed by atoms with E-state index in [0.29, 0.717) is 5.95 Å². The Labute approximate surface area is 178 Å². The molecule has 0 aliphatic heterocycles. The topological polar surface area (TPSA) is 53.1 Å². The highest BCUT2D eigenvalue weighted by atomic mass is 16.5. The van der Waals surface area contributed by atoms with Crippen LogP contribution in [0.4, 0.5) is 5.95 Å². The first-order valence-corrected chi connectivity index (χ1v) is 10.3. The van der Waals surface area contributed by atoms with Gasteiger partial charge in [-0.25, -0.2) is 4.98 Å². The molecule has 0 saturated carbocycles. The Morgan fingerprint density at radius 2 is 1.50 bits per heavy atom. The summed E-state index contributed by atoms with van der Waals surface area (Å²) in [6.45, 7) is 0.809. The lowest BCUT2D eigenvalue weighted by molar-refractivity contribution is 0.414. The number of methoxy groups -OCH3 is 1. The van der Waals surface area contributed by atoms with Gasteiger partial charge in [-0.15, -0.1) is 0 Å². The quantitative estimate of drug-likeness (QED) is 0.450. The summed E-state index contributed by atoms with van der Waals surface area (Å²) in [6.07, 6.45) is 3.89. The zero-order chi connectivity index (χ0) is 20.8. The van der Waals surface area contributed by atoms with Crippen molar-refractivity contribution in [3.05, 3.63) is 114 Å². The smallest absolute Gasteiger partial charge is 0.200 e. The average molecular weight is 398 g/mol. The molecule has 0 spiro atoms. The number of hydrogen-bond acceptors (Lipinski definition) is 3. The van der Waals surface area contributed by atoms with Crippen LogP contribution in [-0.4, -0.2) is 16.7 Å². The van der Waals surface area contributed by atoms with Gasteiger partial charge in [0.1, 0.15) is 5.75 Å². The van der Waals surface area contributed by atoms with E-state index in [-0.39, 0.29) is 5.92 Å². The molecule has 152 valence electrons. The van der Waals surface area contributed by atoms with Crippen LogP contribution in [0, 0.1) is 0 Å². The fourth-order valence-corrected chi connectivity index (χ4v) is 3.77. The van der Waals surface area contributed by atoms with Crippen LogP contribution in [0.5, 0.6) is 5.75 Å². The monoisotopic (exact) mass is 397 g/mol. The fraction of sp³-hybridized carbons (Fsp3) is 0.192. The zero-order valence-electron chi connectivity index (χ0n) is 17.2. The molecule has 0 amide bonds. The number of aromatic nitrogens is 2. The van der Waals surface area contributed by atoms with E-state index in [0.717, 1.165) is 30.8 Å². The minimum Gasteiger partial charge on any atom is -0.497 e. The molecule has 4 rings (SSSR count). The molecular weight excluding hydrogens is 370 g/mol. The molecule has 2 N–H and O–H groups in total. The number of ether oxygens (including phenoxy) is 1. The number of imidazole rings is 1. The molecule has 4 nitrogen and oxygen atoms in total. The number of hydrogen-bond donors (Lipinski definition) is 1. The van der Waals surface area contributed by atoms with Gasteiger partial charge in [0.2, 0.25) is 0 Å². The molecule has 0 aliphatic rings. The Morgan fingerprint density at radius 3 is 2.13 bits per heavy atom. The van der Waals surface area contributed by atoms with Crippen LogP contribution in [0.25, 0.3) is 0 Å². The largest absolute Gasteiger partial charge is 0.497 e. The van der Waals surface area contributed by atoms with Crippen molar-refractivity contribution in [1.82, 2.24) is 9.55 Å². The molecule has 0 saturated heterocycles. The summed E-state index contributed by atoms with van der Waals surface area (Å²) in [7, 11) is 1.69. The molecule has 0 radical (unpaired) electrons. The van der Waals surface area contributed by atoms with Crippen molar-refractivity contribution in [1.29, 1.82) is 0 Å². The molecule has 1 aromatic heterocycles. The van der Waals surface area contributed by atoms with Gasteiger partial charge in [-0.3, -0.25) is 0 Å². The number of anilines is 1. The lowest BCUT2D eigenvalue weighted by Gasteiger charge is -2.16. The number of aryl methyl sites for hydroxylation is 2. The number of nitrogens with two attached hydrogens (primary N) is 1. The van der Waals surface area contributed by atoms with Crippen molar-refractivity contribution in [3.8, 4) is 5.75 Å². The molecule has 4 aromatic rings. The van der Waals surface area contributed by atoms with Gasteiger partial charge >= 0.3 is 0 Å². The summed E-state index contributed by atoms with van der Waals surface area (Å²) >= 11 is 0. The summed E-state index contributed by atoms with van der Waals surface area (Å²) in [5.41, 5.74) is 11.1. The normalized spacial score (nSPS) is 11.9. The second kappa shape index (κ2) is 9.31. The van der Waals surface area contributed by atoms with Crippen LogP contribution in [0.1, 0.15) is 28.3 Å². The maximum Gasteiger partial charge on any atom is 0.200 e. The van der Waals surface area contributed by atoms with Crippen LogP contribution in [-0.2, 0) is 19.4 Å². The van der Waals surface area contributed by atoms with Gasteiger partial charge in [-0.1, -0.05) is 72.8 Å². The zero-order valence-corrected chi connectivity index (χ0v) is 17.2. The van der Waals surface area contributed by atoms with E-state index in [1.165, 1.54) is 16.7 Å². The third kappa shape index (κ3) is 4.71. The first kappa shape index (κ1) is 19.8. The second-order valence-electron chi connectivity index (χ2n) is 7.47. The van der Waals surface area contributed by atoms with E-state index >= 15 is 0 Å². The highest BCUT2D eigenvalue weighted by molar-refractivity contribution is 5.37. The first-order valence-electron chi connectivity index (χ1n) is 10.3. The molecule has 0 aliphatic carbocycles. The van der Waals surface area contributed by atoms with Crippen molar-refractivity contribution in [2.45, 2.75) is 25.3 Å². The van der Waals surface area contributed by atoms with Gasteiger partial charge in [-0.2, -0.15) is 0 Å². The van der Waals surface area contributed by atoms with Crippen LogP contribution >= 0.6 is 0 Å². The number of nitrogens with zero attached hydrogens (tertiary/aromatic N) is 2. The lowest BCUT2D eigenvalue weighted by Crippen LogP contribution is -2.06. The van der Waals surface area contributed by atoms with Gasteiger partial charge in [0.05, 0.1) is 12.8 Å². The Balaban J connectivity index is 1.61. The van der Waals surface area contributed by atoms with Crippen molar-refractivity contribution in [2.24, 2.45) is 0 Å². The van der Waals surface area contributed by atoms with E-state index in [1.54, 1.807) is 7.11 Å². The highest BCUT2D eigenvalue weighted by Crippen LogP contribution is 2.30. The minimum atomic E-state index is 0.124. The Kier molecular flexibility index (Phi) is 6.14. The van der Waals surface area contributed by atoms with Gasteiger partial charge in [0.25, 0.3) is 0 Å². The molecular formula is C26H27N3O. The summed E-state index contributed by atoms with van der Waals surface area (Å²) < 4.78 is 7.39. The third-order valence-electron chi connectivity index (χ3n) is 5.47. The van der Waals surface area contributed by atoms with Crippen LogP contribution in [0.15, 0.2) is 91.1 Å². The van der Waals surface area contributed by atoms with Crippen LogP contribution in [0.3, 0.4) is 0 Å². The Bertz CT molecular complexity index is 1060. The predicted molar refractivity (Wildman–Crippen MR) is 122 cm³/mol. The summed E-state index contributed by atoms with van der Waals surface area (Å²) in [4.78, 5) is 4.75. The van der Waals surface area contributed by atoms with E-state index in [2.05, 4.69) is 71.4 Å². The Hall–Kier alpha value is -3.53. The number of benzene rings is 3. The molecule has 1 heterocycles. The molecule has 3 aromatic carbocycles. The van der Waals surface area contributed by atoms with E-state index < -0.39 is 0 Å². The van der Waals surface area contributed by atoms with Crippen LogP contribution < -0.4 is 10.5 Å². The summed E-state index contributed by atoms with van der Waals surface area (Å²) in [5.74, 6) is 1.54. The van der Waals surface area contributed by atoms with Crippen molar-refractivity contribution in [3.63, 3.8) is 0 Å². The summed E-state index contributed by atoms with van der Waals surface area (Å²) in [6, 6.07) is 29.2. The van der Waals surface area contributed by atoms with E-state index in [1.807, 2.05) is 24.3 Å². The average Bonchev–Trinajstić information content (AvgIpc) is 3.17. The standard InChI is InChI=1S/C26H27N3O/c1-30-23-14-12-22(13-15-23)24(18-21-10-6-3-7-11-21)25-19-29(26(27)28-25)17-16-20-8-4-2-5-9-20/h2-15,19,24H,16-18H2,1H3,(H2,27,28). The van der Waals surface area contributed by atoms with Crippen molar-refractivity contribution < 1.29 is 4.74 Å². The Morgan fingerprint density at radius 1 is 0.867 bits per heavy atom. The molecule has 30 heavy (non-hydrogen) atoms. The molecule has 0 bridgehead atoms. The maximum absolute atomic E-state index is 6.29. The SMILES string of the molecule is COc1ccc(C(Cc2ccccc2)c2cn(CCc3ccccc3)c(N)n2)cc1. The summed E-state index contributed by atoms with van der Waals surface area (Å²) in [5, 5.41) is 0. The van der Waals surface area contributed by atoms with Gasteiger partial charge in [0.15, 0.2) is 5.95 Å². The number of rotatable bonds is 8. The van der Waals surface area contributed by atoms with Gasteiger partial charge in [-0.05, 0) is 41.7 Å². The first-order chi connectivity index (χ1) is 14.7. The molecule has 1 atom stereocenters. The predicted octanol–water partition coefficient (Wildman–Crippen LogP) is 5.09. The molecule has 0 fully saturated rings. The third-order valence-corrected chi connectivity index (χ3v) is 5.47. The maximum atomic E-state index is 6.29. The van der Waals surface area contributed by atoms with Gasteiger partial charge < -0.3 is 15.0 Å². The fourth-order valence-electron chi connectivity index (χ4n) is 3.77.